The van der Waals surface area contributed by atoms with Crippen molar-refractivity contribution in [1.29, 1.82) is 0 Å². The second-order valence-electron chi connectivity index (χ2n) is 5.94. The number of piperidine rings is 2. The molecule has 1 N–H and O–H groups in total. The van der Waals surface area contributed by atoms with Gasteiger partial charge < -0.3 is 14.9 Å². The molecule has 0 aromatic carbocycles. The fraction of sp³-hybridized carbons (Fsp3) is 0.857. The highest BCUT2D eigenvalue weighted by Crippen LogP contribution is 2.23. The Morgan fingerprint density at radius 1 is 1.26 bits per heavy atom. The molecule has 2 aliphatic heterocycles. The highest BCUT2D eigenvalue weighted by molar-refractivity contribution is 5.83. The normalized spacial score (nSPS) is 26.7. The van der Waals surface area contributed by atoms with E-state index in [2.05, 4.69) is 11.9 Å². The van der Waals surface area contributed by atoms with Crippen molar-refractivity contribution in [3.05, 3.63) is 0 Å². The van der Waals surface area contributed by atoms with Gasteiger partial charge in [0, 0.05) is 19.5 Å². The molecule has 2 fully saturated rings. The molecule has 2 heterocycles. The smallest absolute Gasteiger partial charge is 0.307 e. The van der Waals surface area contributed by atoms with Gasteiger partial charge in [0.25, 0.3) is 0 Å². The first-order chi connectivity index (χ1) is 9.06. The van der Waals surface area contributed by atoms with Crippen molar-refractivity contribution in [3.8, 4) is 0 Å². The molecule has 2 rings (SSSR count). The number of carboxylic acid groups (broad SMARTS) is 1. The summed E-state index contributed by atoms with van der Waals surface area (Å²) in [4.78, 5) is 27.0. The number of carbonyl (C=O) groups excluding carboxylic acids is 1. The maximum absolute atomic E-state index is 11.9. The molecule has 0 saturated carbocycles. The number of carbonyl (C=O) groups is 2. The Kier molecular flexibility index (Phi) is 4.80. The van der Waals surface area contributed by atoms with Gasteiger partial charge in [-0.1, -0.05) is 0 Å². The molecule has 19 heavy (non-hydrogen) atoms. The quantitative estimate of drug-likeness (QED) is 0.827. The first-order valence-electron chi connectivity index (χ1n) is 7.25. The van der Waals surface area contributed by atoms with Crippen LogP contribution in [0.15, 0.2) is 0 Å². The minimum Gasteiger partial charge on any atom is -0.481 e. The van der Waals surface area contributed by atoms with Crippen LogP contribution < -0.4 is 0 Å². The van der Waals surface area contributed by atoms with E-state index >= 15 is 0 Å². The van der Waals surface area contributed by atoms with Crippen LogP contribution in [0.3, 0.4) is 0 Å². The zero-order chi connectivity index (χ0) is 13.8. The fourth-order valence-electron chi connectivity index (χ4n) is 3.01. The van der Waals surface area contributed by atoms with Gasteiger partial charge in [-0.15, -0.1) is 0 Å². The Hall–Kier alpha value is -1.10. The number of hydrogen-bond donors (Lipinski definition) is 1. The van der Waals surface area contributed by atoms with Crippen molar-refractivity contribution in [1.82, 2.24) is 9.80 Å². The zero-order valence-electron chi connectivity index (χ0n) is 11.7. The van der Waals surface area contributed by atoms with Crippen LogP contribution in [0.2, 0.25) is 0 Å². The van der Waals surface area contributed by atoms with E-state index in [1.165, 1.54) is 12.8 Å². The SMILES string of the molecule is CN1CCC(CCN2CCC(C(=O)O)CC2=O)CC1. The van der Waals surface area contributed by atoms with Crippen molar-refractivity contribution < 1.29 is 14.7 Å². The summed E-state index contributed by atoms with van der Waals surface area (Å²) in [6.07, 6.45) is 4.29. The molecule has 5 heteroatoms. The van der Waals surface area contributed by atoms with E-state index in [1.54, 1.807) is 0 Å². The lowest BCUT2D eigenvalue weighted by Crippen LogP contribution is -2.42. The van der Waals surface area contributed by atoms with Gasteiger partial charge in [0.15, 0.2) is 0 Å². The van der Waals surface area contributed by atoms with Crippen LogP contribution in [0.25, 0.3) is 0 Å². The van der Waals surface area contributed by atoms with E-state index in [4.69, 9.17) is 5.11 Å². The first kappa shape index (κ1) is 14.3. The average Bonchev–Trinajstić information content (AvgIpc) is 2.39. The summed E-state index contributed by atoms with van der Waals surface area (Å²) in [5, 5.41) is 8.93. The summed E-state index contributed by atoms with van der Waals surface area (Å²) in [5.74, 6) is -0.553. The monoisotopic (exact) mass is 268 g/mol. The summed E-state index contributed by atoms with van der Waals surface area (Å²) in [5.41, 5.74) is 0. The van der Waals surface area contributed by atoms with Crippen molar-refractivity contribution in [2.24, 2.45) is 11.8 Å². The minimum absolute atomic E-state index is 0.0200. The average molecular weight is 268 g/mol. The summed E-state index contributed by atoms with van der Waals surface area (Å²) < 4.78 is 0. The third-order valence-corrected chi connectivity index (χ3v) is 4.52. The van der Waals surface area contributed by atoms with Crippen LogP contribution in [0.4, 0.5) is 0 Å². The van der Waals surface area contributed by atoms with E-state index in [0.717, 1.165) is 32.0 Å². The summed E-state index contributed by atoms with van der Waals surface area (Å²) in [6.45, 7) is 3.72. The lowest BCUT2D eigenvalue weighted by Gasteiger charge is -2.33. The van der Waals surface area contributed by atoms with Crippen LogP contribution >= 0.6 is 0 Å². The molecule has 2 aliphatic rings. The summed E-state index contributed by atoms with van der Waals surface area (Å²) >= 11 is 0. The maximum atomic E-state index is 11.9. The molecule has 0 aromatic rings. The fourth-order valence-corrected chi connectivity index (χ4v) is 3.01. The Balaban J connectivity index is 1.72. The van der Waals surface area contributed by atoms with Crippen molar-refractivity contribution in [2.45, 2.75) is 32.1 Å². The van der Waals surface area contributed by atoms with Crippen LogP contribution in [0.1, 0.15) is 32.1 Å². The first-order valence-corrected chi connectivity index (χ1v) is 7.25. The van der Waals surface area contributed by atoms with Crippen molar-refractivity contribution in [3.63, 3.8) is 0 Å². The molecule has 1 amide bonds. The van der Waals surface area contributed by atoms with E-state index < -0.39 is 11.9 Å². The van der Waals surface area contributed by atoms with Gasteiger partial charge in [0.1, 0.15) is 0 Å². The standard InChI is InChI=1S/C14H24N2O3/c1-15-6-2-11(3-7-15)4-8-16-9-5-12(14(18)19)10-13(16)17/h11-12H,2-10H2,1H3,(H,18,19). The molecule has 5 nitrogen and oxygen atoms in total. The number of rotatable bonds is 4. The second-order valence-corrected chi connectivity index (χ2v) is 5.94. The zero-order valence-corrected chi connectivity index (χ0v) is 11.7. The molecule has 0 bridgehead atoms. The predicted octanol–water partition coefficient (Wildman–Crippen LogP) is 1.04. The van der Waals surface area contributed by atoms with Gasteiger partial charge in [0.05, 0.1) is 5.92 Å². The van der Waals surface area contributed by atoms with Gasteiger partial charge >= 0.3 is 5.97 Å². The lowest BCUT2D eigenvalue weighted by atomic mass is 9.92. The molecule has 0 spiro atoms. The van der Waals surface area contributed by atoms with E-state index in [9.17, 15) is 9.59 Å². The number of hydrogen-bond acceptors (Lipinski definition) is 3. The largest absolute Gasteiger partial charge is 0.481 e. The van der Waals surface area contributed by atoms with Gasteiger partial charge in [-0.05, 0) is 51.7 Å². The van der Waals surface area contributed by atoms with Gasteiger partial charge in [-0.2, -0.15) is 0 Å². The molecular formula is C14H24N2O3. The molecule has 1 unspecified atom stereocenters. The predicted molar refractivity (Wildman–Crippen MR) is 71.8 cm³/mol. The summed E-state index contributed by atoms with van der Waals surface area (Å²) in [6, 6.07) is 0. The molecular weight excluding hydrogens is 244 g/mol. The third-order valence-electron chi connectivity index (χ3n) is 4.52. The molecule has 0 aliphatic carbocycles. The Morgan fingerprint density at radius 3 is 2.53 bits per heavy atom. The Morgan fingerprint density at radius 2 is 1.95 bits per heavy atom. The third kappa shape index (κ3) is 3.93. The van der Waals surface area contributed by atoms with Crippen LogP contribution in [-0.2, 0) is 9.59 Å². The maximum Gasteiger partial charge on any atom is 0.307 e. The molecule has 0 radical (unpaired) electrons. The van der Waals surface area contributed by atoms with Crippen LogP contribution in [0, 0.1) is 11.8 Å². The summed E-state index contributed by atoms with van der Waals surface area (Å²) in [7, 11) is 2.15. The molecule has 0 aromatic heterocycles. The topological polar surface area (TPSA) is 60.9 Å². The minimum atomic E-state index is -0.830. The van der Waals surface area contributed by atoms with Crippen molar-refractivity contribution >= 4 is 11.9 Å². The molecule has 1 atom stereocenters. The van der Waals surface area contributed by atoms with Gasteiger partial charge in [-0.25, -0.2) is 0 Å². The second kappa shape index (κ2) is 6.37. The number of carboxylic acids is 1. The van der Waals surface area contributed by atoms with Crippen LogP contribution in [0.5, 0.6) is 0 Å². The Labute approximate surface area is 114 Å². The van der Waals surface area contributed by atoms with Crippen LogP contribution in [-0.4, -0.2) is 60.0 Å². The number of aliphatic carboxylic acids is 1. The Bertz CT molecular complexity index is 338. The van der Waals surface area contributed by atoms with E-state index in [1.807, 2.05) is 4.90 Å². The highest BCUT2D eigenvalue weighted by atomic mass is 16.4. The number of nitrogens with zero attached hydrogens (tertiary/aromatic N) is 2. The van der Waals surface area contributed by atoms with E-state index in [0.29, 0.717) is 13.0 Å². The number of likely N-dealkylation sites (tertiary alicyclic amines) is 2. The number of amides is 1. The highest BCUT2D eigenvalue weighted by Gasteiger charge is 2.30. The van der Waals surface area contributed by atoms with Gasteiger partial charge in [-0.3, -0.25) is 9.59 Å². The lowest BCUT2D eigenvalue weighted by molar-refractivity contribution is -0.149. The van der Waals surface area contributed by atoms with Gasteiger partial charge in [0.2, 0.25) is 5.91 Å². The van der Waals surface area contributed by atoms with Crippen molar-refractivity contribution in [2.75, 3.05) is 33.2 Å². The molecule has 2 saturated heterocycles. The molecule has 108 valence electrons. The van der Waals surface area contributed by atoms with E-state index in [-0.39, 0.29) is 12.3 Å².